The number of fused-ring (bicyclic) bond motifs is 1. The fraction of sp³-hybridized carbons (Fsp3) is 0.375. The minimum Gasteiger partial charge on any atom is -0.468 e. The van der Waals surface area contributed by atoms with Crippen LogP contribution in [-0.2, 0) is 23.0 Å². The molecule has 1 aromatic heterocycles. The predicted octanol–water partition coefficient (Wildman–Crippen LogP) is 1.93. The first-order valence-electron chi connectivity index (χ1n) is 7.32. The fourth-order valence-corrected chi connectivity index (χ4v) is 3.37. The molecular weight excluding hydrogens is 300 g/mol. The lowest BCUT2D eigenvalue weighted by Gasteiger charge is -2.34. The molecule has 0 fully saturated rings. The molecule has 5 nitrogen and oxygen atoms in total. The van der Waals surface area contributed by atoms with Gasteiger partial charge in [0.25, 0.3) is 0 Å². The van der Waals surface area contributed by atoms with Gasteiger partial charge in [0.05, 0.1) is 18.6 Å². The van der Waals surface area contributed by atoms with Crippen LogP contribution in [-0.4, -0.2) is 32.7 Å². The van der Waals surface area contributed by atoms with Gasteiger partial charge < -0.3 is 4.42 Å². The topological polar surface area (TPSA) is 62.6 Å². The molecule has 2 heterocycles. The molecule has 1 N–H and O–H groups in total. The van der Waals surface area contributed by atoms with Crippen molar-refractivity contribution in [3.63, 3.8) is 0 Å². The van der Waals surface area contributed by atoms with E-state index in [1.54, 1.807) is 6.26 Å². The standard InChI is InChI=1S/C16H20N2O3S/c1-22(19,20)17-11-15(16-7-4-10-21-16)18-9-8-13-5-2-3-6-14(13)12-18/h2-7,10,15,17H,8-9,11-12H2,1H3/t15-/m1/s1. The van der Waals surface area contributed by atoms with E-state index in [1.165, 1.54) is 17.4 Å². The number of hydrogen-bond acceptors (Lipinski definition) is 4. The highest BCUT2D eigenvalue weighted by Crippen LogP contribution is 2.27. The van der Waals surface area contributed by atoms with Gasteiger partial charge in [0.15, 0.2) is 0 Å². The Hall–Kier alpha value is -1.63. The third-order valence-corrected chi connectivity index (χ3v) is 4.70. The molecule has 0 saturated heterocycles. The first-order valence-corrected chi connectivity index (χ1v) is 9.21. The Labute approximate surface area is 131 Å². The van der Waals surface area contributed by atoms with E-state index in [2.05, 4.69) is 27.8 Å². The summed E-state index contributed by atoms with van der Waals surface area (Å²) in [6, 6.07) is 12.0. The first-order chi connectivity index (χ1) is 10.5. The third-order valence-electron chi connectivity index (χ3n) is 4.01. The molecule has 2 aromatic rings. The van der Waals surface area contributed by atoms with Crippen molar-refractivity contribution in [1.29, 1.82) is 0 Å². The van der Waals surface area contributed by atoms with Crippen LogP contribution in [0.2, 0.25) is 0 Å². The molecule has 22 heavy (non-hydrogen) atoms. The Morgan fingerprint density at radius 1 is 1.23 bits per heavy atom. The normalized spacial score (nSPS) is 17.1. The van der Waals surface area contributed by atoms with E-state index < -0.39 is 10.0 Å². The summed E-state index contributed by atoms with van der Waals surface area (Å²) >= 11 is 0. The highest BCUT2D eigenvalue weighted by molar-refractivity contribution is 7.88. The van der Waals surface area contributed by atoms with E-state index in [-0.39, 0.29) is 6.04 Å². The first kappa shape index (κ1) is 15.3. The molecule has 0 saturated carbocycles. The van der Waals surface area contributed by atoms with Crippen molar-refractivity contribution in [3.05, 3.63) is 59.5 Å². The van der Waals surface area contributed by atoms with Crippen molar-refractivity contribution in [2.45, 2.75) is 19.0 Å². The van der Waals surface area contributed by atoms with Crippen molar-refractivity contribution in [2.75, 3.05) is 19.3 Å². The van der Waals surface area contributed by atoms with Gasteiger partial charge in [-0.05, 0) is 29.7 Å². The van der Waals surface area contributed by atoms with Crippen LogP contribution in [0.5, 0.6) is 0 Å². The number of rotatable bonds is 5. The molecule has 0 unspecified atom stereocenters. The Morgan fingerprint density at radius 3 is 2.68 bits per heavy atom. The summed E-state index contributed by atoms with van der Waals surface area (Å²) in [5.41, 5.74) is 2.66. The Morgan fingerprint density at radius 2 is 2.00 bits per heavy atom. The Balaban J connectivity index is 1.81. The summed E-state index contributed by atoms with van der Waals surface area (Å²) in [6.45, 7) is 2.00. The minimum atomic E-state index is -3.23. The van der Waals surface area contributed by atoms with Gasteiger partial charge in [-0.1, -0.05) is 24.3 Å². The maximum absolute atomic E-state index is 11.4. The zero-order valence-electron chi connectivity index (χ0n) is 12.5. The van der Waals surface area contributed by atoms with Gasteiger partial charge in [-0.15, -0.1) is 0 Å². The van der Waals surface area contributed by atoms with Gasteiger partial charge in [-0.25, -0.2) is 13.1 Å². The van der Waals surface area contributed by atoms with E-state index in [4.69, 9.17) is 4.42 Å². The van der Waals surface area contributed by atoms with Crippen LogP contribution in [0.25, 0.3) is 0 Å². The second-order valence-electron chi connectivity index (χ2n) is 5.64. The number of hydrogen-bond donors (Lipinski definition) is 1. The zero-order chi connectivity index (χ0) is 15.6. The summed E-state index contributed by atoms with van der Waals surface area (Å²) in [5, 5.41) is 0. The summed E-state index contributed by atoms with van der Waals surface area (Å²) in [5.74, 6) is 0.788. The Bertz CT molecular complexity index is 726. The van der Waals surface area contributed by atoms with E-state index in [0.717, 1.165) is 25.3 Å². The monoisotopic (exact) mass is 320 g/mol. The molecule has 1 aliphatic rings. The van der Waals surface area contributed by atoms with Crippen LogP contribution in [0.3, 0.4) is 0 Å². The molecule has 0 aliphatic carbocycles. The van der Waals surface area contributed by atoms with Crippen molar-refractivity contribution in [1.82, 2.24) is 9.62 Å². The van der Waals surface area contributed by atoms with Crippen molar-refractivity contribution in [2.24, 2.45) is 0 Å². The molecular formula is C16H20N2O3S. The van der Waals surface area contributed by atoms with Gasteiger partial charge in [0.1, 0.15) is 5.76 Å². The van der Waals surface area contributed by atoms with Crippen molar-refractivity contribution < 1.29 is 12.8 Å². The van der Waals surface area contributed by atoms with Crippen LogP contribution < -0.4 is 4.72 Å². The largest absolute Gasteiger partial charge is 0.468 e. The van der Waals surface area contributed by atoms with Gasteiger partial charge in [0.2, 0.25) is 10.0 Å². The maximum atomic E-state index is 11.4. The smallest absolute Gasteiger partial charge is 0.208 e. The summed E-state index contributed by atoms with van der Waals surface area (Å²) in [6.07, 6.45) is 3.77. The van der Waals surface area contributed by atoms with Crippen LogP contribution in [0.15, 0.2) is 47.1 Å². The average molecular weight is 320 g/mol. The van der Waals surface area contributed by atoms with Gasteiger partial charge in [0, 0.05) is 19.6 Å². The van der Waals surface area contributed by atoms with E-state index >= 15 is 0 Å². The SMILES string of the molecule is CS(=O)(=O)NC[C@H](c1ccco1)N1CCc2ccccc2C1. The number of benzene rings is 1. The summed E-state index contributed by atoms with van der Waals surface area (Å²) in [4.78, 5) is 2.26. The van der Waals surface area contributed by atoms with E-state index in [9.17, 15) is 8.42 Å². The molecule has 1 aliphatic heterocycles. The lowest BCUT2D eigenvalue weighted by atomic mass is 9.98. The molecule has 3 rings (SSSR count). The quantitative estimate of drug-likeness (QED) is 0.914. The average Bonchev–Trinajstić information content (AvgIpc) is 3.00. The lowest BCUT2D eigenvalue weighted by Crippen LogP contribution is -2.40. The molecule has 0 bridgehead atoms. The highest BCUT2D eigenvalue weighted by Gasteiger charge is 2.27. The maximum Gasteiger partial charge on any atom is 0.208 e. The second-order valence-corrected chi connectivity index (χ2v) is 7.47. The molecule has 0 radical (unpaired) electrons. The fourth-order valence-electron chi connectivity index (χ4n) is 2.90. The number of sulfonamides is 1. The van der Waals surface area contributed by atoms with Crippen LogP contribution in [0.1, 0.15) is 22.9 Å². The van der Waals surface area contributed by atoms with E-state index in [0.29, 0.717) is 6.54 Å². The lowest BCUT2D eigenvalue weighted by molar-refractivity contribution is 0.160. The minimum absolute atomic E-state index is 0.0990. The van der Waals surface area contributed by atoms with E-state index in [1.807, 2.05) is 18.2 Å². The van der Waals surface area contributed by atoms with Crippen LogP contribution in [0.4, 0.5) is 0 Å². The second kappa shape index (κ2) is 6.24. The molecule has 1 aromatic carbocycles. The number of nitrogens with one attached hydrogen (secondary N) is 1. The Kier molecular flexibility index (Phi) is 4.33. The number of nitrogens with zero attached hydrogens (tertiary/aromatic N) is 1. The molecule has 6 heteroatoms. The zero-order valence-corrected chi connectivity index (χ0v) is 13.3. The van der Waals surface area contributed by atoms with Gasteiger partial charge in [-0.3, -0.25) is 4.90 Å². The third kappa shape index (κ3) is 3.58. The van der Waals surface area contributed by atoms with Crippen LogP contribution >= 0.6 is 0 Å². The van der Waals surface area contributed by atoms with Crippen molar-refractivity contribution in [3.8, 4) is 0 Å². The van der Waals surface area contributed by atoms with Crippen molar-refractivity contribution >= 4 is 10.0 Å². The molecule has 0 spiro atoms. The number of furan rings is 1. The van der Waals surface area contributed by atoms with Crippen LogP contribution in [0, 0.1) is 0 Å². The van der Waals surface area contributed by atoms with Gasteiger partial charge >= 0.3 is 0 Å². The summed E-state index contributed by atoms with van der Waals surface area (Å²) < 4.78 is 31.0. The van der Waals surface area contributed by atoms with Gasteiger partial charge in [-0.2, -0.15) is 0 Å². The molecule has 118 valence electrons. The molecule has 1 atom stereocenters. The molecule has 0 amide bonds. The summed E-state index contributed by atoms with van der Waals surface area (Å²) in [7, 11) is -3.23. The predicted molar refractivity (Wildman–Crippen MR) is 84.9 cm³/mol. The highest BCUT2D eigenvalue weighted by atomic mass is 32.2.